The van der Waals surface area contributed by atoms with Gasteiger partial charge in [0.25, 0.3) is 0 Å². The average Bonchev–Trinajstić information content (AvgIpc) is 2.47. The van der Waals surface area contributed by atoms with Crippen molar-refractivity contribution in [2.24, 2.45) is 5.92 Å². The Kier molecular flexibility index (Phi) is 4.14. The molecule has 6 nitrogen and oxygen atoms in total. The lowest BCUT2D eigenvalue weighted by Gasteiger charge is -2.30. The summed E-state index contributed by atoms with van der Waals surface area (Å²) >= 11 is 0. The molecular weight excluding hydrogens is 266 g/mol. The van der Waals surface area contributed by atoms with Crippen LogP contribution in [0, 0.1) is 17.2 Å². The van der Waals surface area contributed by atoms with Gasteiger partial charge in [-0.05, 0) is 30.9 Å². The van der Waals surface area contributed by atoms with Gasteiger partial charge >= 0.3 is 0 Å². The van der Waals surface area contributed by atoms with E-state index in [1.54, 1.807) is 6.07 Å². The number of piperidine rings is 1. The molecule has 0 amide bonds. The number of nitriles is 1. The molecule has 1 aromatic rings. The predicted octanol–water partition coefficient (Wildman–Crippen LogP) is 0.346. The summed E-state index contributed by atoms with van der Waals surface area (Å²) < 4.78 is 26.3. The molecule has 102 valence electrons. The summed E-state index contributed by atoms with van der Waals surface area (Å²) in [5, 5.41) is 18.1. The maximum absolute atomic E-state index is 12.5. The molecule has 0 saturated carbocycles. The molecule has 2 heterocycles. The van der Waals surface area contributed by atoms with Crippen LogP contribution in [0.1, 0.15) is 18.5 Å². The van der Waals surface area contributed by atoms with E-state index in [0.717, 1.165) is 6.42 Å². The summed E-state index contributed by atoms with van der Waals surface area (Å²) in [6.07, 6.45) is 2.93. The summed E-state index contributed by atoms with van der Waals surface area (Å²) in [4.78, 5) is 3.72. The third-order valence-electron chi connectivity index (χ3n) is 3.23. The lowest BCUT2D eigenvalue weighted by molar-refractivity contribution is 0.165. The van der Waals surface area contributed by atoms with E-state index < -0.39 is 10.0 Å². The van der Waals surface area contributed by atoms with Crippen LogP contribution < -0.4 is 0 Å². The lowest BCUT2D eigenvalue weighted by Crippen LogP contribution is -2.41. The molecule has 0 radical (unpaired) electrons. The Morgan fingerprint density at radius 1 is 1.58 bits per heavy atom. The van der Waals surface area contributed by atoms with Crippen molar-refractivity contribution in [1.29, 1.82) is 5.26 Å². The first-order valence-electron chi connectivity index (χ1n) is 6.05. The van der Waals surface area contributed by atoms with Crippen molar-refractivity contribution in [3.8, 4) is 6.07 Å². The highest BCUT2D eigenvalue weighted by Crippen LogP contribution is 2.24. The van der Waals surface area contributed by atoms with Gasteiger partial charge in [0.15, 0.2) is 5.69 Å². The Morgan fingerprint density at radius 3 is 3.05 bits per heavy atom. The van der Waals surface area contributed by atoms with E-state index in [9.17, 15) is 8.42 Å². The number of pyridine rings is 1. The van der Waals surface area contributed by atoms with Crippen LogP contribution in [0.15, 0.2) is 23.2 Å². The third kappa shape index (κ3) is 2.76. The molecule has 7 heteroatoms. The highest BCUT2D eigenvalue weighted by atomic mass is 32.2. The van der Waals surface area contributed by atoms with Crippen molar-refractivity contribution < 1.29 is 13.5 Å². The topological polar surface area (TPSA) is 94.3 Å². The Morgan fingerprint density at radius 2 is 2.37 bits per heavy atom. The van der Waals surface area contributed by atoms with Crippen LogP contribution in [0.4, 0.5) is 0 Å². The van der Waals surface area contributed by atoms with Gasteiger partial charge in [-0.15, -0.1) is 0 Å². The van der Waals surface area contributed by atoms with Crippen LogP contribution in [0.5, 0.6) is 0 Å². The first-order chi connectivity index (χ1) is 9.09. The molecule has 1 N–H and O–H groups in total. The zero-order chi connectivity index (χ0) is 13.9. The smallest absolute Gasteiger partial charge is 0.245 e. The number of hydrogen-bond acceptors (Lipinski definition) is 5. The van der Waals surface area contributed by atoms with Crippen LogP contribution in [0.3, 0.4) is 0 Å². The molecule has 0 aliphatic carbocycles. The minimum absolute atomic E-state index is 0.0236. The van der Waals surface area contributed by atoms with Gasteiger partial charge < -0.3 is 5.11 Å². The first-order valence-corrected chi connectivity index (χ1v) is 7.49. The van der Waals surface area contributed by atoms with Gasteiger partial charge in [0.05, 0.1) is 0 Å². The summed E-state index contributed by atoms with van der Waals surface area (Å²) in [5.74, 6) is -0.0364. The molecule has 1 atom stereocenters. The fourth-order valence-corrected chi connectivity index (χ4v) is 3.86. The summed E-state index contributed by atoms with van der Waals surface area (Å²) in [5.41, 5.74) is -0.0892. The van der Waals surface area contributed by atoms with Crippen molar-refractivity contribution in [2.45, 2.75) is 17.7 Å². The fraction of sp³-hybridized carbons (Fsp3) is 0.500. The SMILES string of the molecule is N#Cc1ncccc1S(=O)(=O)N1CCCC(CO)C1. The molecular formula is C12H15N3O3S. The molecule has 1 aliphatic heterocycles. The van der Waals surface area contributed by atoms with E-state index in [1.807, 2.05) is 0 Å². The molecule has 0 spiro atoms. The molecule has 0 bridgehead atoms. The normalized spacial score (nSPS) is 20.9. The molecule has 19 heavy (non-hydrogen) atoms. The number of aliphatic hydroxyl groups is 1. The molecule has 0 aromatic carbocycles. The highest BCUT2D eigenvalue weighted by Gasteiger charge is 2.31. The van der Waals surface area contributed by atoms with Crippen LogP contribution >= 0.6 is 0 Å². The van der Waals surface area contributed by atoms with Gasteiger partial charge in [0.1, 0.15) is 11.0 Å². The Bertz CT molecular complexity index is 594. The standard InChI is InChI=1S/C12H15N3O3S/c13-7-11-12(4-1-5-14-11)19(17,18)15-6-2-3-10(8-15)9-16/h1,4-5,10,16H,2-3,6,8-9H2. The number of rotatable bonds is 3. The Labute approximate surface area is 112 Å². The summed E-state index contributed by atoms with van der Waals surface area (Å²) in [6, 6.07) is 4.69. The van der Waals surface area contributed by atoms with E-state index in [-0.39, 0.29) is 23.1 Å². The zero-order valence-corrected chi connectivity index (χ0v) is 11.2. The van der Waals surface area contributed by atoms with E-state index in [4.69, 9.17) is 10.4 Å². The van der Waals surface area contributed by atoms with Crippen molar-refractivity contribution in [2.75, 3.05) is 19.7 Å². The minimum atomic E-state index is -3.71. The number of aromatic nitrogens is 1. The fourth-order valence-electron chi connectivity index (χ4n) is 2.22. The third-order valence-corrected chi connectivity index (χ3v) is 5.13. The lowest BCUT2D eigenvalue weighted by atomic mass is 10.0. The van der Waals surface area contributed by atoms with Gasteiger partial charge in [-0.25, -0.2) is 13.4 Å². The van der Waals surface area contributed by atoms with Crippen LogP contribution in [-0.4, -0.2) is 42.5 Å². The van der Waals surface area contributed by atoms with Crippen LogP contribution in [-0.2, 0) is 10.0 Å². The van der Waals surface area contributed by atoms with Crippen LogP contribution in [0.25, 0.3) is 0 Å². The van der Waals surface area contributed by atoms with Gasteiger partial charge in [-0.1, -0.05) is 0 Å². The summed E-state index contributed by atoms with van der Waals surface area (Å²) in [7, 11) is -3.71. The molecule has 2 rings (SSSR count). The second-order valence-corrected chi connectivity index (χ2v) is 6.42. The Hall–Kier alpha value is -1.49. The van der Waals surface area contributed by atoms with E-state index in [1.165, 1.54) is 22.6 Å². The van der Waals surface area contributed by atoms with Gasteiger partial charge in [0, 0.05) is 25.9 Å². The van der Waals surface area contributed by atoms with E-state index in [2.05, 4.69) is 4.98 Å². The van der Waals surface area contributed by atoms with Crippen molar-refractivity contribution in [3.63, 3.8) is 0 Å². The van der Waals surface area contributed by atoms with E-state index >= 15 is 0 Å². The molecule has 1 saturated heterocycles. The predicted molar refractivity (Wildman–Crippen MR) is 67.5 cm³/mol. The number of hydrogen-bond donors (Lipinski definition) is 1. The van der Waals surface area contributed by atoms with Crippen molar-refractivity contribution in [1.82, 2.24) is 9.29 Å². The van der Waals surface area contributed by atoms with Crippen molar-refractivity contribution in [3.05, 3.63) is 24.0 Å². The minimum Gasteiger partial charge on any atom is -0.396 e. The second-order valence-electron chi connectivity index (χ2n) is 4.52. The van der Waals surface area contributed by atoms with Crippen molar-refractivity contribution >= 4 is 10.0 Å². The summed E-state index contributed by atoms with van der Waals surface area (Å²) in [6.45, 7) is 0.682. The van der Waals surface area contributed by atoms with Crippen LogP contribution in [0.2, 0.25) is 0 Å². The highest BCUT2D eigenvalue weighted by molar-refractivity contribution is 7.89. The molecule has 1 aliphatic rings. The number of sulfonamides is 1. The monoisotopic (exact) mass is 281 g/mol. The van der Waals surface area contributed by atoms with Gasteiger partial charge in [0.2, 0.25) is 10.0 Å². The largest absolute Gasteiger partial charge is 0.396 e. The number of aliphatic hydroxyl groups excluding tert-OH is 1. The van der Waals surface area contributed by atoms with E-state index in [0.29, 0.717) is 19.5 Å². The molecule has 1 aromatic heterocycles. The first kappa shape index (κ1) is 13.9. The molecule has 1 fully saturated rings. The molecule has 1 unspecified atom stereocenters. The quantitative estimate of drug-likeness (QED) is 0.862. The second kappa shape index (κ2) is 5.65. The van der Waals surface area contributed by atoms with Gasteiger partial charge in [-0.3, -0.25) is 0 Å². The van der Waals surface area contributed by atoms with Gasteiger partial charge in [-0.2, -0.15) is 9.57 Å². The average molecular weight is 281 g/mol. The Balaban J connectivity index is 2.35. The number of nitrogens with zero attached hydrogens (tertiary/aromatic N) is 3. The zero-order valence-electron chi connectivity index (χ0n) is 10.4. The maximum atomic E-state index is 12.5. The maximum Gasteiger partial charge on any atom is 0.245 e.